The van der Waals surface area contributed by atoms with Gasteiger partial charge < -0.3 is 16.0 Å². The molecule has 31 heavy (non-hydrogen) atoms. The van der Waals surface area contributed by atoms with Crippen LogP contribution in [0.3, 0.4) is 0 Å². The number of carbonyl (C=O) groups excluding carboxylic acids is 1. The third-order valence-electron chi connectivity index (χ3n) is 5.37. The molecule has 1 aromatic heterocycles. The molecule has 0 bridgehead atoms. The highest BCUT2D eigenvalue weighted by Gasteiger charge is 2.15. The first-order valence-corrected chi connectivity index (χ1v) is 10.7. The molecular formula is C24H24ClFN4O. The molecule has 2 aromatic carbocycles. The van der Waals surface area contributed by atoms with E-state index < -0.39 is 5.95 Å². The maximum Gasteiger partial charge on any atom is 0.251 e. The summed E-state index contributed by atoms with van der Waals surface area (Å²) in [5.74, 6) is -0.787. The molecule has 3 aromatic rings. The lowest BCUT2D eigenvalue weighted by Gasteiger charge is -2.16. The van der Waals surface area contributed by atoms with Gasteiger partial charge in [0, 0.05) is 12.1 Å². The van der Waals surface area contributed by atoms with E-state index in [0.717, 1.165) is 42.2 Å². The van der Waals surface area contributed by atoms with Gasteiger partial charge in [0.2, 0.25) is 5.95 Å². The number of nitrogens with one attached hydrogen (secondary N) is 3. The smallest absolute Gasteiger partial charge is 0.251 e. The average Bonchev–Trinajstić information content (AvgIpc) is 3.03. The first-order chi connectivity index (χ1) is 15.1. The topological polar surface area (TPSA) is 66.0 Å². The van der Waals surface area contributed by atoms with Crippen molar-refractivity contribution in [3.8, 4) is 0 Å². The van der Waals surface area contributed by atoms with E-state index in [1.165, 1.54) is 17.2 Å². The standard InChI is InChI=1S/C24H24ClFN4O/c25-21-9-8-17-10-12-27-13-11-20(17)23(21)28-14-16-4-6-18(7-5-16)24(31)29-15-19-2-1-3-22(26)30-19/h1-9,27-28H,10-15H2,(H,29,31). The zero-order valence-corrected chi connectivity index (χ0v) is 17.8. The number of hydrogen-bond acceptors (Lipinski definition) is 4. The number of benzene rings is 2. The molecule has 4 rings (SSSR count). The summed E-state index contributed by atoms with van der Waals surface area (Å²) in [5, 5.41) is 10.4. The lowest BCUT2D eigenvalue weighted by molar-refractivity contribution is 0.0950. The fraction of sp³-hybridized carbons (Fsp3) is 0.250. The molecule has 2 heterocycles. The number of carbonyl (C=O) groups is 1. The molecule has 0 atom stereocenters. The second kappa shape index (κ2) is 9.90. The largest absolute Gasteiger partial charge is 0.380 e. The van der Waals surface area contributed by atoms with Crippen LogP contribution in [-0.4, -0.2) is 24.0 Å². The summed E-state index contributed by atoms with van der Waals surface area (Å²) in [5.41, 5.74) is 5.66. The number of amides is 1. The van der Waals surface area contributed by atoms with Crippen LogP contribution in [0, 0.1) is 5.95 Å². The van der Waals surface area contributed by atoms with Crippen molar-refractivity contribution >= 4 is 23.2 Å². The average molecular weight is 439 g/mol. The van der Waals surface area contributed by atoms with Gasteiger partial charge in [-0.1, -0.05) is 35.9 Å². The number of fused-ring (bicyclic) bond motifs is 1. The summed E-state index contributed by atoms with van der Waals surface area (Å²) in [6.45, 7) is 2.70. The summed E-state index contributed by atoms with van der Waals surface area (Å²) in [6.07, 6.45) is 1.94. The van der Waals surface area contributed by atoms with Crippen LogP contribution in [0.5, 0.6) is 0 Å². The van der Waals surface area contributed by atoms with E-state index in [1.54, 1.807) is 24.3 Å². The molecule has 0 aliphatic carbocycles. The molecular weight excluding hydrogens is 415 g/mol. The number of hydrogen-bond donors (Lipinski definition) is 3. The van der Waals surface area contributed by atoms with Gasteiger partial charge in [0.05, 0.1) is 22.9 Å². The van der Waals surface area contributed by atoms with Crippen LogP contribution in [0.4, 0.5) is 10.1 Å². The Labute approximate surface area is 186 Å². The number of anilines is 1. The molecule has 5 nitrogen and oxygen atoms in total. The van der Waals surface area contributed by atoms with E-state index in [0.29, 0.717) is 17.8 Å². The van der Waals surface area contributed by atoms with Crippen LogP contribution >= 0.6 is 11.6 Å². The third kappa shape index (κ3) is 5.40. The van der Waals surface area contributed by atoms with Crippen molar-refractivity contribution in [1.82, 2.24) is 15.6 Å². The fourth-order valence-electron chi connectivity index (χ4n) is 3.72. The second-order valence-corrected chi connectivity index (χ2v) is 7.90. The first kappa shape index (κ1) is 21.3. The maximum atomic E-state index is 13.2. The maximum absolute atomic E-state index is 13.2. The van der Waals surface area contributed by atoms with Gasteiger partial charge in [0.15, 0.2) is 0 Å². The van der Waals surface area contributed by atoms with Crippen LogP contribution in [0.1, 0.15) is 32.7 Å². The summed E-state index contributed by atoms with van der Waals surface area (Å²) < 4.78 is 13.2. The SMILES string of the molecule is O=C(NCc1cccc(F)n1)c1ccc(CNc2c(Cl)ccc3c2CCNCC3)cc1. The van der Waals surface area contributed by atoms with E-state index in [2.05, 4.69) is 27.0 Å². The lowest BCUT2D eigenvalue weighted by Crippen LogP contribution is -2.23. The zero-order chi connectivity index (χ0) is 21.6. The minimum Gasteiger partial charge on any atom is -0.380 e. The highest BCUT2D eigenvalue weighted by atomic mass is 35.5. The molecule has 1 amide bonds. The number of halogens is 2. The van der Waals surface area contributed by atoms with Crippen molar-refractivity contribution in [2.24, 2.45) is 0 Å². The molecule has 160 valence electrons. The van der Waals surface area contributed by atoms with E-state index in [9.17, 15) is 9.18 Å². The van der Waals surface area contributed by atoms with Gasteiger partial charge in [-0.3, -0.25) is 4.79 Å². The third-order valence-corrected chi connectivity index (χ3v) is 5.69. The summed E-state index contributed by atoms with van der Waals surface area (Å²) in [7, 11) is 0. The Morgan fingerprint density at radius 3 is 2.65 bits per heavy atom. The molecule has 0 saturated carbocycles. The first-order valence-electron chi connectivity index (χ1n) is 10.3. The van der Waals surface area contributed by atoms with Gasteiger partial charge >= 0.3 is 0 Å². The van der Waals surface area contributed by atoms with Crippen molar-refractivity contribution < 1.29 is 9.18 Å². The number of pyridine rings is 1. The summed E-state index contributed by atoms with van der Waals surface area (Å²) in [6, 6.07) is 16.0. The van der Waals surface area contributed by atoms with Crippen molar-refractivity contribution in [2.75, 3.05) is 18.4 Å². The Bertz CT molecular complexity index is 1070. The Morgan fingerprint density at radius 1 is 1.03 bits per heavy atom. The molecule has 7 heteroatoms. The van der Waals surface area contributed by atoms with Crippen LogP contribution in [-0.2, 0) is 25.9 Å². The van der Waals surface area contributed by atoms with Gasteiger partial charge in [-0.2, -0.15) is 4.39 Å². The Balaban J connectivity index is 1.37. The Hall–Kier alpha value is -2.96. The van der Waals surface area contributed by atoms with Crippen molar-refractivity contribution in [2.45, 2.75) is 25.9 Å². The molecule has 0 unspecified atom stereocenters. The minimum absolute atomic E-state index is 0.173. The van der Waals surface area contributed by atoms with E-state index in [1.807, 2.05) is 18.2 Å². The normalized spacial score (nSPS) is 13.2. The second-order valence-electron chi connectivity index (χ2n) is 7.49. The minimum atomic E-state index is -0.560. The van der Waals surface area contributed by atoms with Gasteiger partial charge in [0.25, 0.3) is 5.91 Å². The summed E-state index contributed by atoms with van der Waals surface area (Å²) >= 11 is 6.48. The van der Waals surface area contributed by atoms with Crippen LogP contribution in [0.25, 0.3) is 0 Å². The van der Waals surface area contributed by atoms with E-state index >= 15 is 0 Å². The molecule has 1 aliphatic rings. The van der Waals surface area contributed by atoms with Crippen molar-refractivity contribution in [1.29, 1.82) is 0 Å². The fourth-order valence-corrected chi connectivity index (χ4v) is 3.96. The molecule has 0 spiro atoms. The van der Waals surface area contributed by atoms with Gasteiger partial charge in [0.1, 0.15) is 0 Å². The van der Waals surface area contributed by atoms with E-state index in [4.69, 9.17) is 11.6 Å². The summed E-state index contributed by atoms with van der Waals surface area (Å²) in [4.78, 5) is 16.1. The predicted molar refractivity (Wildman–Crippen MR) is 121 cm³/mol. The molecule has 0 fully saturated rings. The quantitative estimate of drug-likeness (QED) is 0.507. The van der Waals surface area contributed by atoms with Crippen LogP contribution in [0.15, 0.2) is 54.6 Å². The zero-order valence-electron chi connectivity index (χ0n) is 17.1. The number of aromatic nitrogens is 1. The predicted octanol–water partition coefficient (Wildman–Crippen LogP) is 4.10. The van der Waals surface area contributed by atoms with Crippen molar-refractivity contribution in [3.05, 3.63) is 93.5 Å². The molecule has 0 saturated heterocycles. The van der Waals surface area contributed by atoms with Gasteiger partial charge in [-0.05, 0) is 73.0 Å². The Kier molecular flexibility index (Phi) is 6.79. The highest BCUT2D eigenvalue weighted by Crippen LogP contribution is 2.31. The van der Waals surface area contributed by atoms with Crippen molar-refractivity contribution in [3.63, 3.8) is 0 Å². The monoisotopic (exact) mass is 438 g/mol. The Morgan fingerprint density at radius 2 is 1.84 bits per heavy atom. The lowest BCUT2D eigenvalue weighted by atomic mass is 10.0. The molecule has 0 radical (unpaired) electrons. The van der Waals surface area contributed by atoms with Crippen LogP contribution < -0.4 is 16.0 Å². The molecule has 1 aliphatic heterocycles. The number of nitrogens with zero attached hydrogens (tertiary/aromatic N) is 1. The highest BCUT2D eigenvalue weighted by molar-refractivity contribution is 6.33. The molecule has 3 N–H and O–H groups in total. The van der Waals surface area contributed by atoms with Gasteiger partial charge in [-0.25, -0.2) is 4.98 Å². The van der Waals surface area contributed by atoms with E-state index in [-0.39, 0.29) is 12.5 Å². The van der Waals surface area contributed by atoms with Gasteiger partial charge in [-0.15, -0.1) is 0 Å². The number of rotatable bonds is 6. The van der Waals surface area contributed by atoms with Crippen LogP contribution in [0.2, 0.25) is 5.02 Å².